The average molecular weight is 381 g/mol. The second-order valence-electron chi connectivity index (χ2n) is 6.94. The fourth-order valence-electron chi connectivity index (χ4n) is 3.76. The highest BCUT2D eigenvalue weighted by Crippen LogP contribution is 2.27. The monoisotopic (exact) mass is 381 g/mol. The van der Waals surface area contributed by atoms with Gasteiger partial charge < -0.3 is 15.1 Å². The molecule has 144 valence electrons. The first-order chi connectivity index (χ1) is 13.5. The lowest BCUT2D eigenvalue weighted by Gasteiger charge is -2.35. The third-order valence-corrected chi connectivity index (χ3v) is 5.14. The zero-order valence-electron chi connectivity index (χ0n) is 15.2. The van der Waals surface area contributed by atoms with E-state index in [1.165, 1.54) is 23.1 Å². The second-order valence-corrected chi connectivity index (χ2v) is 6.94. The third kappa shape index (κ3) is 3.35. The van der Waals surface area contributed by atoms with Crippen LogP contribution in [0.25, 0.3) is 0 Å². The summed E-state index contributed by atoms with van der Waals surface area (Å²) in [6.07, 6.45) is 1.37. The maximum absolute atomic E-state index is 13.7. The number of rotatable bonds is 3. The molecule has 2 heterocycles. The van der Waals surface area contributed by atoms with Crippen molar-refractivity contribution in [3.05, 3.63) is 65.5 Å². The second kappa shape index (κ2) is 7.42. The molecular weight excluding hydrogens is 361 g/mol. The fraction of sp³-hybridized carbons (Fsp3) is 0.286. The molecule has 6 nitrogen and oxygen atoms in total. The molecule has 2 aliphatic heterocycles. The van der Waals surface area contributed by atoms with Gasteiger partial charge in [0.2, 0.25) is 11.8 Å². The highest BCUT2D eigenvalue weighted by Gasteiger charge is 2.35. The predicted molar refractivity (Wildman–Crippen MR) is 101 cm³/mol. The smallest absolute Gasteiger partial charge is 0.254 e. The molecule has 0 aromatic heterocycles. The van der Waals surface area contributed by atoms with Crippen LogP contribution in [0.5, 0.6) is 0 Å². The van der Waals surface area contributed by atoms with Gasteiger partial charge in [0.15, 0.2) is 0 Å². The number of carbonyl (C=O) groups is 3. The van der Waals surface area contributed by atoms with Gasteiger partial charge in [-0.2, -0.15) is 0 Å². The Kier molecular flexibility index (Phi) is 4.81. The number of amides is 3. The lowest BCUT2D eigenvalue weighted by atomic mass is 10.0. The van der Waals surface area contributed by atoms with Gasteiger partial charge in [0.05, 0.1) is 0 Å². The van der Waals surface area contributed by atoms with Crippen LogP contribution in [-0.2, 0) is 9.59 Å². The SMILES string of the molecule is O=C1NCCN(C(=O)c2ccc(N3CCCC3=O)cc2)C1c1cccc(F)c1. The predicted octanol–water partition coefficient (Wildman–Crippen LogP) is 2.27. The molecule has 28 heavy (non-hydrogen) atoms. The number of piperazine rings is 1. The van der Waals surface area contributed by atoms with Crippen LogP contribution in [-0.4, -0.2) is 42.3 Å². The highest BCUT2D eigenvalue weighted by molar-refractivity contribution is 6.00. The van der Waals surface area contributed by atoms with Gasteiger partial charge in [-0.15, -0.1) is 0 Å². The number of hydrogen-bond donors (Lipinski definition) is 1. The van der Waals surface area contributed by atoms with Gasteiger partial charge in [0.25, 0.3) is 5.91 Å². The molecule has 4 rings (SSSR count). The summed E-state index contributed by atoms with van der Waals surface area (Å²) < 4.78 is 13.7. The van der Waals surface area contributed by atoms with Crippen molar-refractivity contribution in [2.24, 2.45) is 0 Å². The molecular formula is C21H20FN3O3. The van der Waals surface area contributed by atoms with E-state index in [1.807, 2.05) is 0 Å². The summed E-state index contributed by atoms with van der Waals surface area (Å²) in [4.78, 5) is 40.6. The molecule has 2 aromatic rings. The number of nitrogens with zero attached hydrogens (tertiary/aromatic N) is 2. The van der Waals surface area contributed by atoms with Gasteiger partial charge in [-0.3, -0.25) is 14.4 Å². The first-order valence-corrected chi connectivity index (χ1v) is 9.29. The van der Waals surface area contributed by atoms with E-state index in [9.17, 15) is 18.8 Å². The van der Waals surface area contributed by atoms with E-state index in [0.29, 0.717) is 37.2 Å². The van der Waals surface area contributed by atoms with Crippen LogP contribution in [0.1, 0.15) is 34.8 Å². The summed E-state index contributed by atoms with van der Waals surface area (Å²) in [7, 11) is 0. The molecule has 2 aliphatic rings. The van der Waals surface area contributed by atoms with Gasteiger partial charge in [0.1, 0.15) is 11.9 Å². The van der Waals surface area contributed by atoms with Gasteiger partial charge in [-0.25, -0.2) is 4.39 Å². The topological polar surface area (TPSA) is 69.7 Å². The fourth-order valence-corrected chi connectivity index (χ4v) is 3.76. The molecule has 1 atom stereocenters. The molecule has 0 aliphatic carbocycles. The van der Waals surface area contributed by atoms with Gasteiger partial charge in [-0.1, -0.05) is 12.1 Å². The third-order valence-electron chi connectivity index (χ3n) is 5.14. The van der Waals surface area contributed by atoms with Crippen molar-refractivity contribution in [2.75, 3.05) is 24.5 Å². The molecule has 2 saturated heterocycles. The van der Waals surface area contributed by atoms with Crippen LogP contribution >= 0.6 is 0 Å². The molecule has 0 radical (unpaired) electrons. The van der Waals surface area contributed by atoms with Gasteiger partial charge in [0, 0.05) is 37.3 Å². The molecule has 2 aromatic carbocycles. The molecule has 0 bridgehead atoms. The standard InChI is InChI=1S/C21H20FN3O3/c22-16-4-1-3-15(13-16)19-20(27)23-10-12-25(19)21(28)14-6-8-17(9-7-14)24-11-2-5-18(24)26/h1,3-4,6-9,13,19H,2,5,10-12H2,(H,23,27). The minimum Gasteiger partial charge on any atom is -0.352 e. The Morgan fingerprint density at radius 1 is 1.07 bits per heavy atom. The van der Waals surface area contributed by atoms with E-state index in [-0.39, 0.29) is 17.7 Å². The van der Waals surface area contributed by atoms with E-state index in [1.54, 1.807) is 35.2 Å². The van der Waals surface area contributed by atoms with Crippen LogP contribution in [0.2, 0.25) is 0 Å². The average Bonchev–Trinajstić information content (AvgIpc) is 3.13. The van der Waals surface area contributed by atoms with Crippen LogP contribution in [0, 0.1) is 5.82 Å². The Labute approximate surface area is 161 Å². The van der Waals surface area contributed by atoms with Crippen molar-refractivity contribution < 1.29 is 18.8 Å². The Hall–Kier alpha value is -3.22. The first-order valence-electron chi connectivity index (χ1n) is 9.29. The Balaban J connectivity index is 1.60. The van der Waals surface area contributed by atoms with Crippen LogP contribution in [0.4, 0.5) is 10.1 Å². The molecule has 1 N–H and O–H groups in total. The minimum atomic E-state index is -0.878. The maximum atomic E-state index is 13.7. The van der Waals surface area contributed by atoms with Gasteiger partial charge >= 0.3 is 0 Å². The molecule has 1 unspecified atom stereocenters. The number of hydrogen-bond acceptors (Lipinski definition) is 3. The summed E-state index contributed by atoms with van der Waals surface area (Å²) in [5.74, 6) is -1.01. The first kappa shape index (κ1) is 18.2. The normalized spacial score (nSPS) is 19.7. The summed E-state index contributed by atoms with van der Waals surface area (Å²) in [6, 6.07) is 11.7. The minimum absolute atomic E-state index is 0.0814. The summed E-state index contributed by atoms with van der Waals surface area (Å²) in [5, 5.41) is 2.74. The summed E-state index contributed by atoms with van der Waals surface area (Å²) in [6.45, 7) is 1.36. The van der Waals surface area contributed by atoms with Crippen molar-refractivity contribution in [2.45, 2.75) is 18.9 Å². The number of anilines is 1. The van der Waals surface area contributed by atoms with E-state index >= 15 is 0 Å². The highest BCUT2D eigenvalue weighted by atomic mass is 19.1. The molecule has 7 heteroatoms. The number of halogens is 1. The Morgan fingerprint density at radius 3 is 2.54 bits per heavy atom. The molecule has 0 spiro atoms. The van der Waals surface area contributed by atoms with Crippen LogP contribution in [0.3, 0.4) is 0 Å². The van der Waals surface area contributed by atoms with E-state index < -0.39 is 11.9 Å². The van der Waals surface area contributed by atoms with Crippen molar-refractivity contribution in [3.63, 3.8) is 0 Å². The number of nitrogens with one attached hydrogen (secondary N) is 1. The summed E-state index contributed by atoms with van der Waals surface area (Å²) in [5.41, 5.74) is 1.62. The lowest BCUT2D eigenvalue weighted by Crippen LogP contribution is -2.52. The zero-order valence-corrected chi connectivity index (χ0v) is 15.2. The Morgan fingerprint density at radius 2 is 1.86 bits per heavy atom. The van der Waals surface area contributed by atoms with E-state index in [2.05, 4.69) is 5.32 Å². The van der Waals surface area contributed by atoms with E-state index in [4.69, 9.17) is 0 Å². The van der Waals surface area contributed by atoms with Crippen LogP contribution in [0.15, 0.2) is 48.5 Å². The van der Waals surface area contributed by atoms with Gasteiger partial charge in [-0.05, 0) is 48.4 Å². The van der Waals surface area contributed by atoms with Crippen molar-refractivity contribution >= 4 is 23.4 Å². The Bertz CT molecular complexity index is 929. The summed E-state index contributed by atoms with van der Waals surface area (Å²) >= 11 is 0. The van der Waals surface area contributed by atoms with Crippen molar-refractivity contribution in [3.8, 4) is 0 Å². The molecule has 2 fully saturated rings. The molecule has 3 amide bonds. The zero-order chi connectivity index (χ0) is 19.7. The number of carbonyl (C=O) groups excluding carboxylic acids is 3. The molecule has 0 saturated carbocycles. The largest absolute Gasteiger partial charge is 0.352 e. The lowest BCUT2D eigenvalue weighted by molar-refractivity contribution is -0.128. The van der Waals surface area contributed by atoms with Crippen LogP contribution < -0.4 is 10.2 Å². The van der Waals surface area contributed by atoms with E-state index in [0.717, 1.165) is 12.1 Å². The van der Waals surface area contributed by atoms with Crippen molar-refractivity contribution in [1.82, 2.24) is 10.2 Å². The quantitative estimate of drug-likeness (QED) is 0.887. The maximum Gasteiger partial charge on any atom is 0.254 e. The number of benzene rings is 2. The van der Waals surface area contributed by atoms with Crippen molar-refractivity contribution in [1.29, 1.82) is 0 Å².